The van der Waals surface area contributed by atoms with E-state index in [4.69, 9.17) is 0 Å². The normalized spacial score (nSPS) is 18.3. The van der Waals surface area contributed by atoms with Crippen molar-refractivity contribution in [3.8, 4) is 5.69 Å². The molecule has 2 aromatic rings. The number of aromatic nitrogens is 2. The van der Waals surface area contributed by atoms with Crippen molar-refractivity contribution in [1.29, 1.82) is 0 Å². The predicted molar refractivity (Wildman–Crippen MR) is 87.2 cm³/mol. The zero-order chi connectivity index (χ0) is 15.7. The molecule has 1 aliphatic heterocycles. The van der Waals surface area contributed by atoms with E-state index >= 15 is 0 Å². The molecule has 0 radical (unpaired) electrons. The molecule has 0 aliphatic carbocycles. The van der Waals surface area contributed by atoms with Crippen molar-refractivity contribution < 1.29 is 4.79 Å². The fourth-order valence-corrected chi connectivity index (χ4v) is 2.92. The summed E-state index contributed by atoms with van der Waals surface area (Å²) < 4.78 is 1.89. The van der Waals surface area contributed by atoms with E-state index in [9.17, 15) is 4.79 Å². The lowest BCUT2D eigenvalue weighted by molar-refractivity contribution is -0.129. The minimum Gasteiger partial charge on any atom is -0.371 e. The van der Waals surface area contributed by atoms with Crippen LogP contribution in [0.4, 0.5) is 5.69 Å². The number of carbonyl (C=O) groups is 1. The predicted octanol–water partition coefficient (Wildman–Crippen LogP) is 2.60. The number of rotatable bonds is 4. The van der Waals surface area contributed by atoms with E-state index in [0.717, 1.165) is 30.0 Å². The highest BCUT2D eigenvalue weighted by molar-refractivity contribution is 5.87. The lowest BCUT2D eigenvalue weighted by Gasteiger charge is -2.21. The van der Waals surface area contributed by atoms with Crippen LogP contribution in [-0.4, -0.2) is 39.2 Å². The number of anilines is 1. The quantitative estimate of drug-likeness (QED) is 0.944. The van der Waals surface area contributed by atoms with E-state index in [1.54, 1.807) is 6.20 Å². The van der Waals surface area contributed by atoms with Crippen LogP contribution in [0.2, 0.25) is 0 Å². The standard InChI is InChI=1S/C17H22N4O/c1-12(2)20-10-9-15(17(20)22)19-16-11-18-21(13(16)3)14-7-5-4-6-8-14/h4-8,11-12,15,19H,9-10H2,1-3H3. The topological polar surface area (TPSA) is 50.2 Å². The number of para-hydroxylation sites is 1. The van der Waals surface area contributed by atoms with Gasteiger partial charge in [0.1, 0.15) is 6.04 Å². The van der Waals surface area contributed by atoms with Gasteiger partial charge in [0.2, 0.25) is 5.91 Å². The molecule has 1 N–H and O–H groups in total. The van der Waals surface area contributed by atoms with Crippen molar-refractivity contribution in [2.75, 3.05) is 11.9 Å². The molecule has 5 nitrogen and oxygen atoms in total. The van der Waals surface area contributed by atoms with E-state index in [0.29, 0.717) is 0 Å². The first kappa shape index (κ1) is 14.6. The highest BCUT2D eigenvalue weighted by atomic mass is 16.2. The molecule has 1 amide bonds. The summed E-state index contributed by atoms with van der Waals surface area (Å²) in [6, 6.07) is 10.1. The van der Waals surface area contributed by atoms with Crippen LogP contribution >= 0.6 is 0 Å². The Kier molecular flexibility index (Phi) is 3.88. The van der Waals surface area contributed by atoms with E-state index in [1.807, 2.05) is 46.8 Å². The maximum atomic E-state index is 12.4. The first-order valence-electron chi connectivity index (χ1n) is 7.75. The van der Waals surface area contributed by atoms with Gasteiger partial charge in [-0.2, -0.15) is 5.10 Å². The summed E-state index contributed by atoms with van der Waals surface area (Å²) in [4.78, 5) is 14.3. The highest BCUT2D eigenvalue weighted by Gasteiger charge is 2.33. The Hall–Kier alpha value is -2.30. The van der Waals surface area contributed by atoms with Crippen LogP contribution in [0.3, 0.4) is 0 Å². The number of likely N-dealkylation sites (tertiary alicyclic amines) is 1. The van der Waals surface area contributed by atoms with E-state index in [-0.39, 0.29) is 18.0 Å². The van der Waals surface area contributed by atoms with Crippen LogP contribution in [0.15, 0.2) is 36.5 Å². The number of benzene rings is 1. The molecular weight excluding hydrogens is 276 g/mol. The molecule has 22 heavy (non-hydrogen) atoms. The molecule has 0 bridgehead atoms. The van der Waals surface area contributed by atoms with Gasteiger partial charge in [0.15, 0.2) is 0 Å². The zero-order valence-electron chi connectivity index (χ0n) is 13.3. The second kappa shape index (κ2) is 5.83. The smallest absolute Gasteiger partial charge is 0.245 e. The average Bonchev–Trinajstić information content (AvgIpc) is 3.05. The monoisotopic (exact) mass is 298 g/mol. The largest absolute Gasteiger partial charge is 0.371 e. The van der Waals surface area contributed by atoms with Crippen LogP contribution < -0.4 is 5.32 Å². The zero-order valence-corrected chi connectivity index (χ0v) is 13.3. The van der Waals surface area contributed by atoms with Gasteiger partial charge < -0.3 is 10.2 Å². The summed E-state index contributed by atoms with van der Waals surface area (Å²) >= 11 is 0. The van der Waals surface area contributed by atoms with E-state index < -0.39 is 0 Å². The Bertz CT molecular complexity index is 663. The van der Waals surface area contributed by atoms with Crippen LogP contribution in [0, 0.1) is 6.92 Å². The second-order valence-electron chi connectivity index (χ2n) is 6.00. The Morgan fingerprint density at radius 1 is 1.27 bits per heavy atom. The Morgan fingerprint density at radius 3 is 2.64 bits per heavy atom. The van der Waals surface area contributed by atoms with Crippen molar-refractivity contribution in [3.05, 3.63) is 42.2 Å². The van der Waals surface area contributed by atoms with Gasteiger partial charge in [-0.25, -0.2) is 4.68 Å². The molecule has 3 rings (SSSR count). The molecule has 5 heteroatoms. The molecule has 2 heterocycles. The van der Waals surface area contributed by atoms with Gasteiger partial charge in [0.05, 0.1) is 23.3 Å². The molecule has 1 atom stereocenters. The van der Waals surface area contributed by atoms with Gasteiger partial charge in [-0.15, -0.1) is 0 Å². The third-order valence-electron chi connectivity index (χ3n) is 4.20. The molecule has 1 saturated heterocycles. The van der Waals surface area contributed by atoms with Gasteiger partial charge in [-0.05, 0) is 39.3 Å². The van der Waals surface area contributed by atoms with Crippen molar-refractivity contribution in [1.82, 2.24) is 14.7 Å². The SMILES string of the molecule is Cc1c(NC2CCN(C(C)C)C2=O)cnn1-c1ccccc1. The molecular formula is C17H22N4O. The molecule has 1 aromatic carbocycles. The molecule has 0 spiro atoms. The van der Waals surface area contributed by atoms with Gasteiger partial charge in [0, 0.05) is 12.6 Å². The van der Waals surface area contributed by atoms with Gasteiger partial charge in [0.25, 0.3) is 0 Å². The summed E-state index contributed by atoms with van der Waals surface area (Å²) in [5.74, 6) is 0.182. The third-order valence-corrected chi connectivity index (χ3v) is 4.20. The molecule has 1 aliphatic rings. The number of nitrogens with zero attached hydrogens (tertiary/aromatic N) is 3. The van der Waals surface area contributed by atoms with E-state index in [1.165, 1.54) is 0 Å². The second-order valence-corrected chi connectivity index (χ2v) is 6.00. The fourth-order valence-electron chi connectivity index (χ4n) is 2.92. The van der Waals surface area contributed by atoms with Gasteiger partial charge in [-0.3, -0.25) is 4.79 Å². The maximum Gasteiger partial charge on any atom is 0.245 e. The fraction of sp³-hybridized carbons (Fsp3) is 0.412. The average molecular weight is 298 g/mol. The number of amides is 1. The van der Waals surface area contributed by atoms with Crippen LogP contribution in [0.1, 0.15) is 26.0 Å². The van der Waals surface area contributed by atoms with Crippen molar-refractivity contribution in [2.24, 2.45) is 0 Å². The minimum atomic E-state index is -0.144. The van der Waals surface area contributed by atoms with E-state index in [2.05, 4.69) is 24.3 Å². The molecule has 1 aromatic heterocycles. The summed E-state index contributed by atoms with van der Waals surface area (Å²) in [5, 5.41) is 7.80. The first-order valence-corrected chi connectivity index (χ1v) is 7.75. The highest BCUT2D eigenvalue weighted by Crippen LogP contribution is 2.23. The summed E-state index contributed by atoms with van der Waals surface area (Å²) in [7, 11) is 0. The van der Waals surface area contributed by atoms with Crippen molar-refractivity contribution in [2.45, 2.75) is 39.3 Å². The third kappa shape index (κ3) is 2.58. The van der Waals surface area contributed by atoms with Gasteiger partial charge in [-0.1, -0.05) is 18.2 Å². The Balaban J connectivity index is 1.78. The molecule has 1 unspecified atom stereocenters. The van der Waals surface area contributed by atoms with Crippen LogP contribution in [0.25, 0.3) is 5.69 Å². The summed E-state index contributed by atoms with van der Waals surface area (Å²) in [5.41, 5.74) is 2.96. The first-order chi connectivity index (χ1) is 10.6. The number of carbonyl (C=O) groups excluding carboxylic acids is 1. The lowest BCUT2D eigenvalue weighted by atomic mass is 10.2. The summed E-state index contributed by atoms with van der Waals surface area (Å²) in [6.45, 7) is 6.94. The summed E-state index contributed by atoms with van der Waals surface area (Å²) in [6.07, 6.45) is 2.64. The van der Waals surface area contributed by atoms with Crippen molar-refractivity contribution in [3.63, 3.8) is 0 Å². The molecule has 1 fully saturated rings. The van der Waals surface area contributed by atoms with Crippen molar-refractivity contribution >= 4 is 11.6 Å². The van der Waals surface area contributed by atoms with Crippen LogP contribution in [0.5, 0.6) is 0 Å². The lowest BCUT2D eigenvalue weighted by Crippen LogP contribution is -2.37. The van der Waals surface area contributed by atoms with Crippen LogP contribution in [-0.2, 0) is 4.79 Å². The number of hydrogen-bond donors (Lipinski definition) is 1. The van der Waals surface area contributed by atoms with Gasteiger partial charge >= 0.3 is 0 Å². The maximum absolute atomic E-state index is 12.4. The number of nitrogens with one attached hydrogen (secondary N) is 1. The molecule has 116 valence electrons. The Morgan fingerprint density at radius 2 is 2.00 bits per heavy atom. The number of hydrogen-bond acceptors (Lipinski definition) is 3. The minimum absolute atomic E-state index is 0.144. The molecule has 0 saturated carbocycles. The Labute approximate surface area is 130 Å².